The molecule has 1 fully saturated rings. The molecule has 0 aliphatic carbocycles. The summed E-state index contributed by atoms with van der Waals surface area (Å²) in [6, 6.07) is 6.16. The van der Waals surface area contributed by atoms with E-state index in [9.17, 15) is 4.79 Å². The number of hydrogen-bond acceptors (Lipinski definition) is 4. The van der Waals surface area contributed by atoms with Crippen LogP contribution in [0.25, 0.3) is 0 Å². The van der Waals surface area contributed by atoms with Gasteiger partial charge in [-0.15, -0.1) is 0 Å². The lowest BCUT2D eigenvalue weighted by Crippen LogP contribution is -2.51. The van der Waals surface area contributed by atoms with Crippen molar-refractivity contribution in [1.82, 2.24) is 20.9 Å². The van der Waals surface area contributed by atoms with Crippen molar-refractivity contribution in [2.45, 2.75) is 25.4 Å². The van der Waals surface area contributed by atoms with Gasteiger partial charge in [0.15, 0.2) is 5.96 Å². The van der Waals surface area contributed by atoms with Crippen molar-refractivity contribution in [1.29, 1.82) is 0 Å². The lowest BCUT2D eigenvalue weighted by Gasteiger charge is -2.25. The molecule has 1 saturated heterocycles. The van der Waals surface area contributed by atoms with Crippen molar-refractivity contribution >= 4 is 17.7 Å². The molecule has 1 aliphatic rings. The highest BCUT2D eigenvalue weighted by Gasteiger charge is 2.18. The molecule has 1 aliphatic heterocycles. The summed E-state index contributed by atoms with van der Waals surface area (Å²) in [5.74, 6) is 1.76. The summed E-state index contributed by atoms with van der Waals surface area (Å²) < 4.78 is 0. The Balaban J connectivity index is 1.86. The van der Waals surface area contributed by atoms with Gasteiger partial charge in [-0.25, -0.2) is 4.98 Å². The maximum absolute atomic E-state index is 11.2. The zero-order chi connectivity index (χ0) is 15.9. The van der Waals surface area contributed by atoms with Gasteiger partial charge in [-0.05, 0) is 18.6 Å². The minimum Gasteiger partial charge on any atom is -0.363 e. The highest BCUT2D eigenvalue weighted by Crippen LogP contribution is 2.07. The van der Waals surface area contributed by atoms with Crippen LogP contribution in [-0.4, -0.2) is 50.6 Å². The number of aliphatic imine (C=N–C) groups is 1. The van der Waals surface area contributed by atoms with Gasteiger partial charge in [-0.2, -0.15) is 0 Å². The smallest absolute Gasteiger partial charge is 0.220 e. The van der Waals surface area contributed by atoms with Crippen LogP contribution in [0.1, 0.15) is 18.5 Å². The summed E-state index contributed by atoms with van der Waals surface area (Å²) in [5.41, 5.74) is 0.950. The molecular weight excluding hydrogens is 280 g/mol. The van der Waals surface area contributed by atoms with Crippen molar-refractivity contribution in [2.24, 2.45) is 4.99 Å². The van der Waals surface area contributed by atoms with E-state index >= 15 is 0 Å². The molecule has 0 radical (unpaired) electrons. The van der Waals surface area contributed by atoms with E-state index in [1.165, 1.54) is 0 Å². The average molecular weight is 304 g/mol. The van der Waals surface area contributed by atoms with E-state index in [-0.39, 0.29) is 11.9 Å². The summed E-state index contributed by atoms with van der Waals surface area (Å²) in [6.07, 6.45) is 1.38. The number of nitrogens with zero attached hydrogens (tertiary/aromatic N) is 3. The molecule has 1 atom stereocenters. The first-order chi connectivity index (χ1) is 10.6. The largest absolute Gasteiger partial charge is 0.363 e. The second-order valence-electron chi connectivity index (χ2n) is 5.49. The quantitative estimate of drug-likeness (QED) is 0.542. The SMILES string of the molecule is CN=C(NCc1cccc(N(C)C)n1)NC1CCC(=O)NC1. The molecule has 2 heterocycles. The number of pyridine rings is 1. The van der Waals surface area contributed by atoms with Gasteiger partial charge >= 0.3 is 0 Å². The third-order valence-electron chi connectivity index (χ3n) is 3.52. The number of piperidine rings is 1. The number of carbonyl (C=O) groups excluding carboxylic acids is 1. The zero-order valence-electron chi connectivity index (χ0n) is 13.4. The molecule has 2 rings (SSSR count). The van der Waals surface area contributed by atoms with Crippen LogP contribution in [0, 0.1) is 0 Å². The van der Waals surface area contributed by atoms with Crippen LogP contribution in [0.15, 0.2) is 23.2 Å². The van der Waals surface area contributed by atoms with Crippen LogP contribution in [0.3, 0.4) is 0 Å². The third-order valence-corrected chi connectivity index (χ3v) is 3.52. The number of anilines is 1. The molecule has 7 heteroatoms. The average Bonchev–Trinajstić information content (AvgIpc) is 2.53. The van der Waals surface area contributed by atoms with E-state index in [0.717, 1.165) is 23.9 Å². The van der Waals surface area contributed by atoms with Gasteiger partial charge in [0.25, 0.3) is 0 Å². The van der Waals surface area contributed by atoms with Gasteiger partial charge in [0.1, 0.15) is 5.82 Å². The molecule has 1 aromatic rings. The molecule has 1 aromatic heterocycles. The second-order valence-corrected chi connectivity index (χ2v) is 5.49. The Morgan fingerprint density at radius 2 is 2.32 bits per heavy atom. The van der Waals surface area contributed by atoms with Crippen LogP contribution in [0.2, 0.25) is 0 Å². The van der Waals surface area contributed by atoms with Crippen molar-refractivity contribution in [3.05, 3.63) is 23.9 Å². The number of nitrogens with one attached hydrogen (secondary N) is 3. The Kier molecular flexibility index (Phi) is 5.57. The molecule has 1 unspecified atom stereocenters. The fourth-order valence-electron chi connectivity index (χ4n) is 2.23. The molecule has 3 N–H and O–H groups in total. The van der Waals surface area contributed by atoms with Gasteiger partial charge < -0.3 is 20.9 Å². The predicted molar refractivity (Wildman–Crippen MR) is 87.9 cm³/mol. The Morgan fingerprint density at radius 1 is 1.50 bits per heavy atom. The Hall–Kier alpha value is -2.31. The summed E-state index contributed by atoms with van der Waals surface area (Å²) in [6.45, 7) is 1.23. The van der Waals surface area contributed by atoms with E-state index in [1.807, 2.05) is 37.2 Å². The van der Waals surface area contributed by atoms with Crippen molar-refractivity contribution in [2.75, 3.05) is 32.6 Å². The maximum atomic E-state index is 11.2. The topological polar surface area (TPSA) is 81.7 Å². The first kappa shape index (κ1) is 16.1. The van der Waals surface area contributed by atoms with E-state index in [1.54, 1.807) is 7.05 Å². The van der Waals surface area contributed by atoms with Gasteiger partial charge in [0.2, 0.25) is 5.91 Å². The first-order valence-electron chi connectivity index (χ1n) is 7.45. The van der Waals surface area contributed by atoms with Crippen molar-refractivity contribution in [3.63, 3.8) is 0 Å². The van der Waals surface area contributed by atoms with Crippen molar-refractivity contribution < 1.29 is 4.79 Å². The molecule has 0 bridgehead atoms. The molecule has 1 amide bonds. The lowest BCUT2D eigenvalue weighted by molar-refractivity contribution is -0.122. The normalized spacial score (nSPS) is 18.6. The second kappa shape index (κ2) is 7.63. The standard InChI is InChI=1S/C15H24N6O/c1-16-15(20-12-7-8-14(22)17-9-12)18-10-11-5-4-6-13(19-11)21(2)3/h4-6,12H,7-10H2,1-3H3,(H,17,22)(H2,16,18,20). The summed E-state index contributed by atoms with van der Waals surface area (Å²) in [4.78, 5) is 21.9. The third kappa shape index (κ3) is 4.61. The van der Waals surface area contributed by atoms with E-state index in [2.05, 4.69) is 25.9 Å². The van der Waals surface area contributed by atoms with Crippen LogP contribution in [0.4, 0.5) is 5.82 Å². The Morgan fingerprint density at radius 3 is 2.95 bits per heavy atom. The minimum absolute atomic E-state index is 0.116. The molecule has 0 spiro atoms. The van der Waals surface area contributed by atoms with Gasteiger partial charge in [-0.3, -0.25) is 9.79 Å². The molecule has 22 heavy (non-hydrogen) atoms. The van der Waals surface area contributed by atoms with E-state index in [4.69, 9.17) is 0 Å². The summed E-state index contributed by atoms with van der Waals surface area (Å²) >= 11 is 0. The van der Waals surface area contributed by atoms with Gasteiger partial charge in [0.05, 0.1) is 12.2 Å². The molecular formula is C15H24N6O. The monoisotopic (exact) mass is 304 g/mol. The van der Waals surface area contributed by atoms with Gasteiger partial charge in [-0.1, -0.05) is 6.07 Å². The summed E-state index contributed by atoms with van der Waals surface area (Å²) in [7, 11) is 5.68. The van der Waals surface area contributed by atoms with Gasteiger partial charge in [0, 0.05) is 40.2 Å². The van der Waals surface area contributed by atoms with E-state index in [0.29, 0.717) is 19.5 Å². The summed E-state index contributed by atoms with van der Waals surface area (Å²) in [5, 5.41) is 9.43. The molecule has 0 saturated carbocycles. The van der Waals surface area contributed by atoms with E-state index < -0.39 is 0 Å². The number of guanidine groups is 1. The number of rotatable bonds is 4. The highest BCUT2D eigenvalue weighted by molar-refractivity contribution is 5.81. The van der Waals surface area contributed by atoms with Crippen LogP contribution < -0.4 is 20.9 Å². The Labute approximate surface area is 131 Å². The number of hydrogen-bond donors (Lipinski definition) is 3. The van der Waals surface area contributed by atoms with Crippen molar-refractivity contribution in [3.8, 4) is 0 Å². The number of carbonyl (C=O) groups is 1. The molecule has 0 aromatic carbocycles. The van der Waals surface area contributed by atoms with Crippen LogP contribution in [-0.2, 0) is 11.3 Å². The Bertz CT molecular complexity index is 533. The maximum Gasteiger partial charge on any atom is 0.220 e. The fraction of sp³-hybridized carbons (Fsp3) is 0.533. The van der Waals surface area contributed by atoms with Crippen LogP contribution >= 0.6 is 0 Å². The predicted octanol–water partition coefficient (Wildman–Crippen LogP) is 0.0912. The highest BCUT2D eigenvalue weighted by atomic mass is 16.1. The fourth-order valence-corrected chi connectivity index (χ4v) is 2.23. The molecule has 120 valence electrons. The van der Waals surface area contributed by atoms with Crippen LogP contribution in [0.5, 0.6) is 0 Å². The lowest BCUT2D eigenvalue weighted by atomic mass is 10.1. The molecule has 7 nitrogen and oxygen atoms in total. The number of aromatic nitrogens is 1. The first-order valence-corrected chi connectivity index (χ1v) is 7.45. The number of amides is 1. The minimum atomic E-state index is 0.116. The zero-order valence-corrected chi connectivity index (χ0v) is 13.4.